The maximum atomic E-state index is 12.6. The molecule has 1 aromatic carbocycles. The molecule has 0 aromatic heterocycles. The molecule has 1 N–H and O–H groups in total. The van der Waals surface area contributed by atoms with Gasteiger partial charge in [-0.05, 0) is 17.7 Å². The highest BCUT2D eigenvalue weighted by atomic mass is 19.4. The number of halogens is 3. The fraction of sp³-hybridized carbons (Fsp3) is 0.300. The van der Waals surface area contributed by atoms with Gasteiger partial charge in [0.25, 0.3) is 0 Å². The average molecular weight is 215 g/mol. The van der Waals surface area contributed by atoms with Crippen LogP contribution in [0.1, 0.15) is 17.0 Å². The van der Waals surface area contributed by atoms with Crippen LogP contribution < -0.4 is 5.32 Å². The van der Waals surface area contributed by atoms with Crippen LogP contribution in [0.2, 0.25) is 0 Å². The zero-order chi connectivity index (χ0) is 11.1. The molecule has 0 spiro atoms. The van der Waals surface area contributed by atoms with Gasteiger partial charge in [0.2, 0.25) is 0 Å². The Balaban J connectivity index is 2.59. The summed E-state index contributed by atoms with van der Waals surface area (Å²) in [6, 6.07) is 3.89. The highest BCUT2D eigenvalue weighted by molar-refractivity contribution is 5.75. The summed E-state index contributed by atoms with van der Waals surface area (Å²) in [6.45, 7) is 0.242. The largest absolute Gasteiger partial charge is 0.416 e. The Morgan fingerprint density at radius 2 is 2.13 bits per heavy atom. The van der Waals surface area contributed by atoms with E-state index in [2.05, 4.69) is 5.32 Å². The molecule has 1 unspecified atom stereocenters. The van der Waals surface area contributed by atoms with E-state index in [-0.39, 0.29) is 12.1 Å². The summed E-state index contributed by atoms with van der Waals surface area (Å²) < 4.78 is 37.8. The van der Waals surface area contributed by atoms with Gasteiger partial charge in [0.15, 0.2) is 0 Å². The second-order valence-corrected chi connectivity index (χ2v) is 3.39. The normalized spacial score (nSPS) is 19.5. The van der Waals surface area contributed by atoms with E-state index >= 15 is 0 Å². The fourth-order valence-electron chi connectivity index (χ4n) is 1.80. The van der Waals surface area contributed by atoms with Crippen LogP contribution in [0.15, 0.2) is 18.2 Å². The van der Waals surface area contributed by atoms with Gasteiger partial charge in [-0.15, -0.1) is 0 Å². The molecule has 1 aromatic rings. The first-order valence-corrected chi connectivity index (χ1v) is 4.43. The van der Waals surface area contributed by atoms with E-state index in [0.717, 1.165) is 6.07 Å². The van der Waals surface area contributed by atoms with Crippen LogP contribution in [0.3, 0.4) is 0 Å². The van der Waals surface area contributed by atoms with E-state index in [1.807, 2.05) is 0 Å². The quantitative estimate of drug-likeness (QED) is 0.729. The van der Waals surface area contributed by atoms with Gasteiger partial charge in [-0.2, -0.15) is 13.2 Å². The molecule has 1 aliphatic rings. The number of benzene rings is 1. The van der Waals surface area contributed by atoms with Crippen LogP contribution in [0, 0.1) is 0 Å². The van der Waals surface area contributed by atoms with Crippen LogP contribution in [0.5, 0.6) is 0 Å². The summed E-state index contributed by atoms with van der Waals surface area (Å²) in [6.07, 6.45) is -3.85. The lowest BCUT2D eigenvalue weighted by Crippen LogP contribution is -2.11. The number of alkyl halides is 3. The van der Waals surface area contributed by atoms with Crippen LogP contribution in [0.4, 0.5) is 18.9 Å². The Labute approximate surface area is 84.1 Å². The third-order valence-corrected chi connectivity index (χ3v) is 2.46. The second kappa shape index (κ2) is 3.25. The number of nitrogens with one attached hydrogen (secondary N) is 1. The van der Waals surface area contributed by atoms with Gasteiger partial charge in [0, 0.05) is 12.2 Å². The molecule has 0 amide bonds. The highest BCUT2D eigenvalue weighted by Crippen LogP contribution is 2.41. The first-order chi connectivity index (χ1) is 7.04. The second-order valence-electron chi connectivity index (χ2n) is 3.39. The van der Waals surface area contributed by atoms with Crippen molar-refractivity contribution in [3.63, 3.8) is 0 Å². The number of hydrogen-bond donors (Lipinski definition) is 1. The van der Waals surface area contributed by atoms with Crippen molar-refractivity contribution in [3.05, 3.63) is 29.3 Å². The van der Waals surface area contributed by atoms with Crippen molar-refractivity contribution in [2.75, 3.05) is 11.9 Å². The van der Waals surface area contributed by atoms with Gasteiger partial charge in [0.1, 0.15) is 6.29 Å². The summed E-state index contributed by atoms with van der Waals surface area (Å²) >= 11 is 0. The third-order valence-electron chi connectivity index (χ3n) is 2.46. The average Bonchev–Trinajstić information content (AvgIpc) is 2.58. The minimum atomic E-state index is -4.40. The monoisotopic (exact) mass is 215 g/mol. The lowest BCUT2D eigenvalue weighted by Gasteiger charge is -2.12. The molecule has 15 heavy (non-hydrogen) atoms. The minimum absolute atomic E-state index is 0.0694. The number of anilines is 1. The van der Waals surface area contributed by atoms with Crippen molar-refractivity contribution >= 4 is 12.0 Å². The molecule has 0 saturated heterocycles. The molecular formula is C10H8F3NO. The lowest BCUT2D eigenvalue weighted by molar-refractivity contribution is -0.138. The van der Waals surface area contributed by atoms with E-state index in [0.29, 0.717) is 12.0 Å². The van der Waals surface area contributed by atoms with Gasteiger partial charge in [-0.3, -0.25) is 0 Å². The van der Waals surface area contributed by atoms with E-state index < -0.39 is 17.7 Å². The predicted molar refractivity (Wildman–Crippen MR) is 48.7 cm³/mol. The summed E-state index contributed by atoms with van der Waals surface area (Å²) in [7, 11) is 0. The maximum Gasteiger partial charge on any atom is 0.416 e. The Kier molecular flexibility index (Phi) is 2.17. The molecule has 0 saturated carbocycles. The van der Waals surface area contributed by atoms with Crippen molar-refractivity contribution in [2.24, 2.45) is 0 Å². The topological polar surface area (TPSA) is 29.1 Å². The van der Waals surface area contributed by atoms with Crippen molar-refractivity contribution in [2.45, 2.75) is 12.1 Å². The first-order valence-electron chi connectivity index (χ1n) is 4.43. The molecule has 0 aliphatic carbocycles. The Morgan fingerprint density at radius 1 is 1.40 bits per heavy atom. The summed E-state index contributed by atoms with van der Waals surface area (Å²) in [5, 5.41) is 2.78. The number of hydrogen-bond acceptors (Lipinski definition) is 2. The Morgan fingerprint density at radius 3 is 2.73 bits per heavy atom. The minimum Gasteiger partial charge on any atom is -0.384 e. The number of carbonyl (C=O) groups excluding carboxylic acids is 1. The van der Waals surface area contributed by atoms with Gasteiger partial charge in [-0.25, -0.2) is 0 Å². The molecule has 1 aliphatic heterocycles. The summed E-state index contributed by atoms with van der Waals surface area (Å²) in [4.78, 5) is 10.6. The standard InChI is InChI=1S/C10H8F3NO/c11-10(12,13)7-2-1-3-8-9(7)6(5-15)4-14-8/h1-3,5-6,14H,4H2. The molecule has 1 heterocycles. The van der Waals surface area contributed by atoms with E-state index in [9.17, 15) is 18.0 Å². The maximum absolute atomic E-state index is 12.6. The van der Waals surface area contributed by atoms with Crippen LogP contribution in [-0.4, -0.2) is 12.8 Å². The van der Waals surface area contributed by atoms with Gasteiger partial charge >= 0.3 is 6.18 Å². The summed E-state index contributed by atoms with van der Waals surface area (Å²) in [5.74, 6) is -0.696. The van der Waals surface area contributed by atoms with E-state index in [1.165, 1.54) is 6.07 Å². The van der Waals surface area contributed by atoms with E-state index in [1.54, 1.807) is 6.07 Å². The summed E-state index contributed by atoms with van der Waals surface area (Å²) in [5.41, 5.74) is -0.246. The molecule has 0 fully saturated rings. The lowest BCUT2D eigenvalue weighted by atomic mass is 9.96. The molecule has 1 atom stereocenters. The van der Waals surface area contributed by atoms with Gasteiger partial charge in [-0.1, -0.05) is 6.07 Å². The number of rotatable bonds is 1. The smallest absolute Gasteiger partial charge is 0.384 e. The van der Waals surface area contributed by atoms with Crippen LogP contribution in [0.25, 0.3) is 0 Å². The first kappa shape index (κ1) is 10.0. The number of aldehydes is 1. The van der Waals surface area contributed by atoms with Crippen molar-refractivity contribution < 1.29 is 18.0 Å². The van der Waals surface area contributed by atoms with Crippen LogP contribution >= 0.6 is 0 Å². The molecule has 2 nitrogen and oxygen atoms in total. The molecule has 0 radical (unpaired) electrons. The van der Waals surface area contributed by atoms with Crippen LogP contribution in [-0.2, 0) is 11.0 Å². The molecule has 2 rings (SSSR count). The van der Waals surface area contributed by atoms with Gasteiger partial charge in [0.05, 0.1) is 11.5 Å². The van der Waals surface area contributed by atoms with Gasteiger partial charge < -0.3 is 10.1 Å². The van der Waals surface area contributed by atoms with Crippen molar-refractivity contribution in [1.29, 1.82) is 0 Å². The molecule has 5 heteroatoms. The third kappa shape index (κ3) is 1.58. The zero-order valence-corrected chi connectivity index (χ0v) is 7.64. The molecule has 80 valence electrons. The van der Waals surface area contributed by atoms with E-state index in [4.69, 9.17) is 0 Å². The number of fused-ring (bicyclic) bond motifs is 1. The zero-order valence-electron chi connectivity index (χ0n) is 7.64. The SMILES string of the molecule is O=CC1CNc2cccc(C(F)(F)F)c21. The van der Waals surface area contributed by atoms with Crippen molar-refractivity contribution in [3.8, 4) is 0 Å². The number of carbonyl (C=O) groups is 1. The molecule has 0 bridgehead atoms. The van der Waals surface area contributed by atoms with Crippen molar-refractivity contribution in [1.82, 2.24) is 0 Å². The predicted octanol–water partition coefficient (Wildman–Crippen LogP) is 2.41. The Bertz CT molecular complexity index is 400. The fourth-order valence-corrected chi connectivity index (χ4v) is 1.80. The molecular weight excluding hydrogens is 207 g/mol. The highest BCUT2D eigenvalue weighted by Gasteiger charge is 2.38. The Hall–Kier alpha value is -1.52.